The van der Waals surface area contributed by atoms with E-state index >= 15 is 0 Å². The lowest BCUT2D eigenvalue weighted by atomic mass is 10.2. The van der Waals surface area contributed by atoms with Crippen molar-refractivity contribution in [2.75, 3.05) is 12.4 Å². The number of hydrogen-bond acceptors (Lipinski definition) is 2. The van der Waals surface area contributed by atoms with Crippen LogP contribution in [0.1, 0.15) is 12.5 Å². The molecule has 1 rings (SSSR count). The molecule has 1 N–H and O–H groups in total. The molecule has 82 valence electrons. The van der Waals surface area contributed by atoms with Gasteiger partial charge in [-0.3, -0.25) is 4.79 Å². The van der Waals surface area contributed by atoms with Crippen LogP contribution in [0.2, 0.25) is 0 Å². The molecule has 0 radical (unpaired) electrons. The van der Waals surface area contributed by atoms with Crippen LogP contribution < -0.4 is 5.32 Å². The Hall–Kier alpha value is -1.06. The fourth-order valence-electron chi connectivity index (χ4n) is 1.15. The van der Waals surface area contributed by atoms with Crippen molar-refractivity contribution in [3.8, 4) is 0 Å². The molecule has 3 nitrogen and oxygen atoms in total. The van der Waals surface area contributed by atoms with E-state index in [4.69, 9.17) is 16.3 Å². The topological polar surface area (TPSA) is 38.3 Å². The van der Waals surface area contributed by atoms with E-state index in [1.165, 1.54) is 0 Å². The van der Waals surface area contributed by atoms with E-state index in [0.717, 1.165) is 11.3 Å². The quantitative estimate of drug-likeness (QED) is 0.803. The number of carbonyl (C=O) groups excluding carboxylic acids is 1. The third-order valence-corrected chi connectivity index (χ3v) is 2.07. The molecule has 0 saturated carbocycles. The number of rotatable bonds is 4. The molecule has 0 aliphatic rings. The van der Waals surface area contributed by atoms with Gasteiger partial charge in [0.25, 0.3) is 0 Å². The maximum atomic E-state index is 11.3. The minimum atomic E-state index is -0.531. The van der Waals surface area contributed by atoms with Crippen LogP contribution in [0.25, 0.3) is 0 Å². The predicted octanol–water partition coefficient (Wildman–Crippen LogP) is 2.40. The monoisotopic (exact) mass is 227 g/mol. The highest BCUT2D eigenvalue weighted by Gasteiger charge is 2.08. The molecular weight excluding hydrogens is 214 g/mol. The summed E-state index contributed by atoms with van der Waals surface area (Å²) >= 11 is 5.64. The average Bonchev–Trinajstić information content (AvgIpc) is 2.18. The lowest BCUT2D eigenvalue weighted by Gasteiger charge is -2.07. The Bertz CT molecular complexity index is 339. The molecule has 1 unspecified atom stereocenters. The Balaban J connectivity index is 2.69. The maximum Gasteiger partial charge on any atom is 0.242 e. The molecule has 0 heterocycles. The number of nitrogens with one attached hydrogen (secondary N) is 1. The molecule has 0 bridgehead atoms. The van der Waals surface area contributed by atoms with Crippen molar-refractivity contribution in [2.45, 2.75) is 18.9 Å². The van der Waals surface area contributed by atoms with E-state index in [1.54, 1.807) is 14.0 Å². The smallest absolute Gasteiger partial charge is 0.242 e. The zero-order valence-corrected chi connectivity index (χ0v) is 9.54. The van der Waals surface area contributed by atoms with Crippen molar-refractivity contribution in [1.82, 2.24) is 0 Å². The highest BCUT2D eigenvalue weighted by atomic mass is 35.5. The highest BCUT2D eigenvalue weighted by molar-refractivity contribution is 6.32. The van der Waals surface area contributed by atoms with Gasteiger partial charge in [0.1, 0.15) is 5.38 Å². The highest BCUT2D eigenvalue weighted by Crippen LogP contribution is 2.12. The van der Waals surface area contributed by atoms with Gasteiger partial charge in [-0.2, -0.15) is 0 Å². The van der Waals surface area contributed by atoms with Crippen molar-refractivity contribution >= 4 is 23.2 Å². The van der Waals surface area contributed by atoms with Gasteiger partial charge in [0, 0.05) is 12.8 Å². The molecule has 1 aromatic rings. The average molecular weight is 228 g/mol. The fourth-order valence-corrected chi connectivity index (χ4v) is 1.20. The molecule has 4 heteroatoms. The number of carbonyl (C=O) groups is 1. The van der Waals surface area contributed by atoms with Crippen LogP contribution in [0.5, 0.6) is 0 Å². The number of methoxy groups -OCH3 is 1. The van der Waals surface area contributed by atoms with Gasteiger partial charge < -0.3 is 10.1 Å². The van der Waals surface area contributed by atoms with Crippen molar-refractivity contribution in [2.24, 2.45) is 0 Å². The van der Waals surface area contributed by atoms with Crippen LogP contribution in [0, 0.1) is 0 Å². The lowest BCUT2D eigenvalue weighted by molar-refractivity contribution is -0.115. The Labute approximate surface area is 94.4 Å². The summed E-state index contributed by atoms with van der Waals surface area (Å²) in [5, 5.41) is 2.18. The summed E-state index contributed by atoms with van der Waals surface area (Å²) in [5.74, 6) is -0.203. The first-order valence-corrected chi connectivity index (χ1v) is 5.10. The van der Waals surface area contributed by atoms with Crippen LogP contribution in [0.4, 0.5) is 5.69 Å². The largest absolute Gasteiger partial charge is 0.380 e. The van der Waals surface area contributed by atoms with Crippen LogP contribution in [-0.4, -0.2) is 18.4 Å². The SMILES string of the molecule is COCc1cccc(NC(=O)C(C)Cl)c1. The molecule has 0 saturated heterocycles. The fraction of sp³-hybridized carbons (Fsp3) is 0.364. The number of amides is 1. The second-order valence-corrected chi connectivity index (χ2v) is 3.89. The predicted molar refractivity (Wildman–Crippen MR) is 61.1 cm³/mol. The maximum absolute atomic E-state index is 11.3. The molecule has 1 aromatic carbocycles. The van der Waals surface area contributed by atoms with Crippen molar-refractivity contribution in [3.05, 3.63) is 29.8 Å². The summed E-state index contributed by atoms with van der Waals surface area (Å²) in [6.45, 7) is 2.16. The Morgan fingerprint density at radius 3 is 2.93 bits per heavy atom. The van der Waals surface area contributed by atoms with Gasteiger partial charge in [-0.15, -0.1) is 11.6 Å². The molecule has 1 atom stereocenters. The number of halogens is 1. The number of hydrogen-bond donors (Lipinski definition) is 1. The Kier molecular flexibility index (Phi) is 4.59. The first-order chi connectivity index (χ1) is 7.13. The van der Waals surface area contributed by atoms with Crippen molar-refractivity contribution in [3.63, 3.8) is 0 Å². The van der Waals surface area contributed by atoms with E-state index in [2.05, 4.69) is 5.32 Å². The van der Waals surface area contributed by atoms with E-state index in [0.29, 0.717) is 6.61 Å². The summed E-state index contributed by atoms with van der Waals surface area (Å²) < 4.78 is 5.00. The summed E-state index contributed by atoms with van der Waals surface area (Å²) in [5.41, 5.74) is 1.75. The minimum absolute atomic E-state index is 0.203. The summed E-state index contributed by atoms with van der Waals surface area (Å²) in [6, 6.07) is 7.48. The zero-order valence-electron chi connectivity index (χ0n) is 8.79. The molecular formula is C11H14ClNO2. The second-order valence-electron chi connectivity index (χ2n) is 3.24. The molecule has 1 amide bonds. The van der Waals surface area contributed by atoms with Gasteiger partial charge in [0.15, 0.2) is 0 Å². The van der Waals surface area contributed by atoms with Gasteiger partial charge in [0.05, 0.1) is 6.61 Å². The molecule has 0 aliphatic heterocycles. The molecule has 0 spiro atoms. The third-order valence-electron chi connectivity index (χ3n) is 1.87. The normalized spacial score (nSPS) is 12.2. The zero-order chi connectivity index (χ0) is 11.3. The van der Waals surface area contributed by atoms with Gasteiger partial charge in [-0.25, -0.2) is 0 Å². The van der Waals surface area contributed by atoms with E-state index < -0.39 is 5.38 Å². The van der Waals surface area contributed by atoms with E-state index in [1.807, 2.05) is 24.3 Å². The first-order valence-electron chi connectivity index (χ1n) is 4.66. The van der Waals surface area contributed by atoms with Crippen molar-refractivity contribution < 1.29 is 9.53 Å². The van der Waals surface area contributed by atoms with Crippen LogP contribution >= 0.6 is 11.6 Å². The summed E-state index contributed by atoms with van der Waals surface area (Å²) in [4.78, 5) is 11.3. The number of ether oxygens (including phenoxy) is 1. The standard InChI is InChI=1S/C11H14ClNO2/c1-8(12)11(14)13-10-5-3-4-9(6-10)7-15-2/h3-6,8H,7H2,1-2H3,(H,13,14). The lowest BCUT2D eigenvalue weighted by Crippen LogP contribution is -2.20. The summed E-state index contributed by atoms with van der Waals surface area (Å²) in [7, 11) is 1.63. The third kappa shape index (κ3) is 3.90. The number of anilines is 1. The summed E-state index contributed by atoms with van der Waals surface area (Å²) in [6.07, 6.45) is 0. The van der Waals surface area contributed by atoms with Gasteiger partial charge in [-0.1, -0.05) is 12.1 Å². The van der Waals surface area contributed by atoms with E-state index in [-0.39, 0.29) is 5.91 Å². The Morgan fingerprint density at radius 2 is 2.33 bits per heavy atom. The first kappa shape index (κ1) is 12.0. The van der Waals surface area contributed by atoms with Crippen LogP contribution in [-0.2, 0) is 16.1 Å². The van der Waals surface area contributed by atoms with Gasteiger partial charge >= 0.3 is 0 Å². The number of benzene rings is 1. The molecule has 0 aliphatic carbocycles. The molecule has 15 heavy (non-hydrogen) atoms. The van der Waals surface area contributed by atoms with E-state index in [9.17, 15) is 4.79 Å². The van der Waals surface area contributed by atoms with Crippen molar-refractivity contribution in [1.29, 1.82) is 0 Å². The van der Waals surface area contributed by atoms with Crippen LogP contribution in [0.15, 0.2) is 24.3 Å². The van der Waals surface area contributed by atoms with Crippen LogP contribution in [0.3, 0.4) is 0 Å². The van der Waals surface area contributed by atoms with Gasteiger partial charge in [-0.05, 0) is 24.6 Å². The minimum Gasteiger partial charge on any atom is -0.380 e. The molecule has 0 aromatic heterocycles. The van der Waals surface area contributed by atoms with Gasteiger partial charge in [0.2, 0.25) is 5.91 Å². The number of alkyl halides is 1. The Morgan fingerprint density at radius 1 is 1.60 bits per heavy atom. The molecule has 0 fully saturated rings. The second kappa shape index (κ2) is 5.73.